The van der Waals surface area contributed by atoms with E-state index < -0.39 is 0 Å². The zero-order valence-corrected chi connectivity index (χ0v) is 12.3. The van der Waals surface area contributed by atoms with E-state index in [0.717, 1.165) is 31.7 Å². The van der Waals surface area contributed by atoms with E-state index in [9.17, 15) is 0 Å². The van der Waals surface area contributed by atoms with Crippen LogP contribution in [0.3, 0.4) is 0 Å². The summed E-state index contributed by atoms with van der Waals surface area (Å²) in [5, 5.41) is 6.07. The molecule has 0 amide bonds. The summed E-state index contributed by atoms with van der Waals surface area (Å²) >= 11 is 0. The molecule has 2 heterocycles. The summed E-state index contributed by atoms with van der Waals surface area (Å²) in [5.74, 6) is 1.11. The van der Waals surface area contributed by atoms with Crippen LogP contribution in [0.2, 0.25) is 0 Å². The van der Waals surface area contributed by atoms with Crippen molar-refractivity contribution in [2.75, 3.05) is 23.3 Å². The molecule has 0 bridgehead atoms. The zero-order valence-electron chi connectivity index (χ0n) is 12.3. The third-order valence-corrected chi connectivity index (χ3v) is 4.53. The fourth-order valence-corrected chi connectivity index (χ4v) is 3.08. The molecular weight excluding hydrogens is 260 g/mol. The Morgan fingerprint density at radius 2 is 1.90 bits per heavy atom. The van der Waals surface area contributed by atoms with Gasteiger partial charge >= 0.3 is 0 Å². The molecule has 1 aliphatic carbocycles. The Kier molecular flexibility index (Phi) is 3.19. The quantitative estimate of drug-likeness (QED) is 0.909. The van der Waals surface area contributed by atoms with E-state index in [-0.39, 0.29) is 0 Å². The van der Waals surface area contributed by atoms with E-state index in [1.165, 1.54) is 29.3 Å². The first-order chi connectivity index (χ1) is 10.3. The molecule has 4 rings (SSSR count). The second-order valence-corrected chi connectivity index (χ2v) is 6.31. The van der Waals surface area contributed by atoms with Crippen molar-refractivity contribution in [1.82, 2.24) is 4.98 Å². The topological polar surface area (TPSA) is 54.2 Å². The van der Waals surface area contributed by atoms with Crippen LogP contribution in [-0.4, -0.2) is 30.2 Å². The number of nitrogens with one attached hydrogen (secondary N) is 1. The van der Waals surface area contributed by atoms with Crippen molar-refractivity contribution in [3.05, 3.63) is 30.5 Å². The van der Waals surface area contributed by atoms with Crippen LogP contribution in [0.4, 0.5) is 11.5 Å². The molecule has 1 saturated heterocycles. The van der Waals surface area contributed by atoms with Gasteiger partial charge in [0.1, 0.15) is 5.82 Å². The van der Waals surface area contributed by atoms with Gasteiger partial charge in [0.05, 0.1) is 0 Å². The van der Waals surface area contributed by atoms with E-state index in [4.69, 9.17) is 5.73 Å². The van der Waals surface area contributed by atoms with Crippen molar-refractivity contribution < 1.29 is 0 Å². The lowest BCUT2D eigenvalue weighted by atomic mass is 10.0. The molecule has 21 heavy (non-hydrogen) atoms. The molecule has 4 heteroatoms. The van der Waals surface area contributed by atoms with Gasteiger partial charge in [-0.1, -0.05) is 0 Å². The van der Waals surface area contributed by atoms with Crippen LogP contribution in [0.25, 0.3) is 10.8 Å². The minimum atomic E-state index is 0.352. The maximum absolute atomic E-state index is 6.00. The lowest BCUT2D eigenvalue weighted by molar-refractivity contribution is 0.499. The molecule has 2 aliphatic rings. The molecule has 0 unspecified atom stereocenters. The van der Waals surface area contributed by atoms with E-state index >= 15 is 0 Å². The van der Waals surface area contributed by atoms with Gasteiger partial charge in [-0.25, -0.2) is 4.98 Å². The maximum atomic E-state index is 6.00. The van der Waals surface area contributed by atoms with E-state index in [2.05, 4.69) is 39.5 Å². The number of benzene rings is 1. The molecule has 3 N–H and O–H groups in total. The van der Waals surface area contributed by atoms with Crippen molar-refractivity contribution in [3.8, 4) is 0 Å². The predicted octanol–water partition coefficient (Wildman–Crippen LogP) is 2.74. The fourth-order valence-electron chi connectivity index (χ4n) is 3.08. The second kappa shape index (κ2) is 5.19. The summed E-state index contributed by atoms with van der Waals surface area (Å²) in [6, 6.07) is 9.78. The van der Waals surface area contributed by atoms with Gasteiger partial charge in [-0.05, 0) is 55.3 Å². The number of rotatable bonds is 3. The summed E-state index contributed by atoms with van der Waals surface area (Å²) in [5.41, 5.74) is 7.23. The number of hydrogen-bond acceptors (Lipinski definition) is 4. The molecular formula is C17H22N4. The van der Waals surface area contributed by atoms with E-state index in [1.54, 1.807) is 0 Å². The highest BCUT2D eigenvalue weighted by Gasteiger charge is 2.21. The normalized spacial score (nSPS) is 20.0. The Bertz CT molecular complexity index is 642. The zero-order chi connectivity index (χ0) is 14.2. The minimum Gasteiger partial charge on any atom is -0.382 e. The number of nitrogens with zero attached hydrogens (tertiary/aromatic N) is 2. The third-order valence-electron chi connectivity index (χ3n) is 4.53. The van der Waals surface area contributed by atoms with Gasteiger partial charge in [0, 0.05) is 42.4 Å². The molecule has 2 aromatic rings. The van der Waals surface area contributed by atoms with E-state index in [1.807, 2.05) is 6.20 Å². The van der Waals surface area contributed by atoms with Gasteiger partial charge < -0.3 is 16.0 Å². The minimum absolute atomic E-state index is 0.352. The standard InChI is InChI=1S/C17H22N4/c18-13-6-9-21(10-7-13)17-16-4-3-15(20-14-1-2-14)11-12(16)5-8-19-17/h3-5,8,11,13-14,20H,1-2,6-7,9-10,18H2. The van der Waals surface area contributed by atoms with Crippen molar-refractivity contribution in [1.29, 1.82) is 0 Å². The number of fused-ring (bicyclic) bond motifs is 1. The Balaban J connectivity index is 1.65. The predicted molar refractivity (Wildman–Crippen MR) is 87.8 cm³/mol. The Morgan fingerprint density at radius 1 is 1.10 bits per heavy atom. The Labute approximate surface area is 125 Å². The first-order valence-corrected chi connectivity index (χ1v) is 7.95. The first kappa shape index (κ1) is 12.9. The van der Waals surface area contributed by atoms with Crippen molar-refractivity contribution in [2.24, 2.45) is 5.73 Å². The largest absolute Gasteiger partial charge is 0.382 e. The summed E-state index contributed by atoms with van der Waals surface area (Å²) in [6.45, 7) is 2.02. The molecule has 1 aromatic heterocycles. The molecule has 0 atom stereocenters. The van der Waals surface area contributed by atoms with Gasteiger partial charge in [-0.3, -0.25) is 0 Å². The molecule has 1 saturated carbocycles. The lowest BCUT2D eigenvalue weighted by Crippen LogP contribution is -2.40. The maximum Gasteiger partial charge on any atom is 0.136 e. The fraction of sp³-hybridized carbons (Fsp3) is 0.471. The first-order valence-electron chi connectivity index (χ1n) is 7.95. The Hall–Kier alpha value is -1.81. The SMILES string of the molecule is NC1CCN(c2nccc3cc(NC4CC4)ccc23)CC1. The molecule has 110 valence electrons. The smallest absolute Gasteiger partial charge is 0.136 e. The van der Waals surface area contributed by atoms with Crippen LogP contribution < -0.4 is 16.0 Å². The van der Waals surface area contributed by atoms with Gasteiger partial charge in [0.2, 0.25) is 0 Å². The lowest BCUT2D eigenvalue weighted by Gasteiger charge is -2.31. The number of piperidine rings is 1. The van der Waals surface area contributed by atoms with Crippen LogP contribution in [0.5, 0.6) is 0 Å². The van der Waals surface area contributed by atoms with Crippen LogP contribution in [0.15, 0.2) is 30.5 Å². The summed E-state index contributed by atoms with van der Waals surface area (Å²) in [4.78, 5) is 7.00. The van der Waals surface area contributed by atoms with Crippen molar-refractivity contribution >= 4 is 22.3 Å². The number of nitrogens with two attached hydrogens (primary N) is 1. The molecule has 0 spiro atoms. The number of aromatic nitrogens is 1. The monoisotopic (exact) mass is 282 g/mol. The number of anilines is 2. The molecule has 1 aliphatic heterocycles. The molecule has 2 fully saturated rings. The summed E-state index contributed by atoms with van der Waals surface area (Å²) < 4.78 is 0. The summed E-state index contributed by atoms with van der Waals surface area (Å²) in [7, 11) is 0. The molecule has 0 radical (unpaired) electrons. The highest BCUT2D eigenvalue weighted by molar-refractivity contribution is 5.94. The van der Waals surface area contributed by atoms with Crippen LogP contribution in [0, 0.1) is 0 Å². The highest BCUT2D eigenvalue weighted by Crippen LogP contribution is 2.30. The van der Waals surface area contributed by atoms with Crippen LogP contribution >= 0.6 is 0 Å². The highest BCUT2D eigenvalue weighted by atomic mass is 15.2. The van der Waals surface area contributed by atoms with Gasteiger partial charge in [0.25, 0.3) is 0 Å². The van der Waals surface area contributed by atoms with Gasteiger partial charge in [-0.15, -0.1) is 0 Å². The summed E-state index contributed by atoms with van der Waals surface area (Å²) in [6.07, 6.45) is 6.63. The number of pyridine rings is 1. The van der Waals surface area contributed by atoms with E-state index in [0.29, 0.717) is 12.1 Å². The Morgan fingerprint density at radius 3 is 2.67 bits per heavy atom. The second-order valence-electron chi connectivity index (χ2n) is 6.31. The average Bonchev–Trinajstić information content (AvgIpc) is 3.31. The molecule has 1 aromatic carbocycles. The average molecular weight is 282 g/mol. The number of hydrogen-bond donors (Lipinski definition) is 2. The van der Waals surface area contributed by atoms with Crippen LogP contribution in [-0.2, 0) is 0 Å². The van der Waals surface area contributed by atoms with Crippen LogP contribution in [0.1, 0.15) is 25.7 Å². The van der Waals surface area contributed by atoms with Crippen molar-refractivity contribution in [3.63, 3.8) is 0 Å². The van der Waals surface area contributed by atoms with Gasteiger partial charge in [0.15, 0.2) is 0 Å². The van der Waals surface area contributed by atoms with Crippen molar-refractivity contribution in [2.45, 2.75) is 37.8 Å². The molecule has 4 nitrogen and oxygen atoms in total. The third kappa shape index (κ3) is 2.68. The van der Waals surface area contributed by atoms with Gasteiger partial charge in [-0.2, -0.15) is 0 Å².